The van der Waals surface area contributed by atoms with Gasteiger partial charge in [-0.15, -0.1) is 0 Å². The molecular weight excluding hydrogens is 476 g/mol. The number of ether oxygens (including phenoxy) is 1. The molecule has 0 aliphatic heterocycles. The van der Waals surface area contributed by atoms with Gasteiger partial charge in [0.05, 0.1) is 15.2 Å². The number of hydrogen-bond acceptors (Lipinski definition) is 2. The van der Waals surface area contributed by atoms with Gasteiger partial charge in [0.25, 0.3) is 0 Å². The number of halogens is 3. The molecule has 0 radical (unpaired) electrons. The molecule has 0 bridgehead atoms. The zero-order valence-electron chi connectivity index (χ0n) is 14.1. The summed E-state index contributed by atoms with van der Waals surface area (Å²) in [6.45, 7) is 0.365. The summed E-state index contributed by atoms with van der Waals surface area (Å²) in [5.74, 6) is 0.303. The number of benzene rings is 3. The lowest BCUT2D eigenvalue weighted by Gasteiger charge is -2.10. The maximum Gasteiger partial charge on any atom is 0.133 e. The standard InChI is InChI=1S/C22H14ClFINO/c23-19-7-3-1-5-16(19)14-27-22-10-9-15(12-21(22)25)11-17(13-26)18-6-2-4-8-20(18)24/h1-12H,14H2/b17-11-. The highest BCUT2D eigenvalue weighted by molar-refractivity contribution is 14.1. The highest BCUT2D eigenvalue weighted by atomic mass is 127. The van der Waals surface area contributed by atoms with E-state index in [1.54, 1.807) is 24.3 Å². The van der Waals surface area contributed by atoms with Crippen LogP contribution in [0.25, 0.3) is 11.6 Å². The van der Waals surface area contributed by atoms with Gasteiger partial charge in [0.15, 0.2) is 0 Å². The van der Waals surface area contributed by atoms with E-state index >= 15 is 0 Å². The van der Waals surface area contributed by atoms with Gasteiger partial charge in [-0.05, 0) is 58.5 Å². The average Bonchev–Trinajstić information content (AvgIpc) is 2.67. The second-order valence-corrected chi connectivity index (χ2v) is 7.29. The van der Waals surface area contributed by atoms with Crippen LogP contribution in [0.3, 0.4) is 0 Å². The van der Waals surface area contributed by atoms with Crippen LogP contribution < -0.4 is 4.74 Å². The van der Waals surface area contributed by atoms with Gasteiger partial charge in [0, 0.05) is 16.1 Å². The van der Waals surface area contributed by atoms with Gasteiger partial charge in [-0.2, -0.15) is 5.26 Å². The van der Waals surface area contributed by atoms with E-state index in [1.807, 2.05) is 42.5 Å². The molecule has 2 nitrogen and oxygen atoms in total. The molecule has 0 atom stereocenters. The second-order valence-electron chi connectivity index (χ2n) is 5.72. The first-order valence-electron chi connectivity index (χ1n) is 8.11. The van der Waals surface area contributed by atoms with Crippen LogP contribution >= 0.6 is 34.2 Å². The van der Waals surface area contributed by atoms with E-state index in [4.69, 9.17) is 16.3 Å². The number of hydrogen-bond donors (Lipinski definition) is 0. The predicted molar refractivity (Wildman–Crippen MR) is 115 cm³/mol. The van der Waals surface area contributed by atoms with Crippen molar-refractivity contribution in [3.8, 4) is 11.8 Å². The Morgan fingerprint density at radius 1 is 1.11 bits per heavy atom. The Kier molecular flexibility index (Phi) is 6.49. The van der Waals surface area contributed by atoms with Gasteiger partial charge in [-0.3, -0.25) is 0 Å². The van der Waals surface area contributed by atoms with Crippen molar-refractivity contribution in [2.45, 2.75) is 6.61 Å². The molecule has 134 valence electrons. The number of allylic oxidation sites excluding steroid dienone is 1. The fourth-order valence-electron chi connectivity index (χ4n) is 2.51. The minimum absolute atomic E-state index is 0.272. The van der Waals surface area contributed by atoms with E-state index in [1.165, 1.54) is 6.07 Å². The zero-order valence-corrected chi connectivity index (χ0v) is 17.0. The summed E-state index contributed by atoms with van der Waals surface area (Å²) in [5, 5.41) is 10.1. The quantitative estimate of drug-likeness (QED) is 0.226. The van der Waals surface area contributed by atoms with E-state index in [0.717, 1.165) is 20.4 Å². The molecule has 0 N–H and O–H groups in total. The third-order valence-electron chi connectivity index (χ3n) is 3.89. The van der Waals surface area contributed by atoms with E-state index in [0.29, 0.717) is 11.6 Å². The lowest BCUT2D eigenvalue weighted by molar-refractivity contribution is 0.304. The van der Waals surface area contributed by atoms with Crippen LogP contribution in [0.5, 0.6) is 5.75 Å². The SMILES string of the molecule is N#C/C(=C/c1ccc(OCc2ccccc2Cl)c(I)c1)c1ccccc1F. The Labute approximate surface area is 176 Å². The number of nitriles is 1. The molecule has 0 amide bonds. The van der Waals surface area contributed by atoms with Gasteiger partial charge in [0.1, 0.15) is 18.2 Å². The van der Waals surface area contributed by atoms with Crippen molar-refractivity contribution < 1.29 is 9.13 Å². The molecule has 0 aliphatic carbocycles. The van der Waals surface area contributed by atoms with Gasteiger partial charge in [-0.1, -0.05) is 54.1 Å². The largest absolute Gasteiger partial charge is 0.488 e. The van der Waals surface area contributed by atoms with Crippen molar-refractivity contribution in [2.24, 2.45) is 0 Å². The molecule has 0 aromatic heterocycles. The van der Waals surface area contributed by atoms with E-state index < -0.39 is 5.82 Å². The van der Waals surface area contributed by atoms with Crippen LogP contribution in [-0.4, -0.2) is 0 Å². The van der Waals surface area contributed by atoms with Gasteiger partial charge >= 0.3 is 0 Å². The first kappa shape index (κ1) is 19.4. The molecule has 0 spiro atoms. The molecule has 0 saturated heterocycles. The van der Waals surface area contributed by atoms with Gasteiger partial charge in [0.2, 0.25) is 0 Å². The third-order valence-corrected chi connectivity index (χ3v) is 5.10. The molecule has 0 fully saturated rings. The smallest absolute Gasteiger partial charge is 0.133 e. The average molecular weight is 490 g/mol. The second kappa shape index (κ2) is 9.03. The van der Waals surface area contributed by atoms with Crippen molar-refractivity contribution in [3.05, 3.63) is 97.8 Å². The molecule has 3 aromatic rings. The lowest BCUT2D eigenvalue weighted by atomic mass is 10.0. The molecule has 3 aromatic carbocycles. The Hall–Kier alpha value is -2.36. The molecule has 5 heteroatoms. The van der Waals surface area contributed by atoms with Crippen LogP contribution in [0.2, 0.25) is 5.02 Å². The van der Waals surface area contributed by atoms with Crippen molar-refractivity contribution in [2.75, 3.05) is 0 Å². The predicted octanol–water partition coefficient (Wildman–Crippen LogP) is 6.73. The molecular formula is C22H14ClFINO. The molecule has 0 aliphatic rings. The highest BCUT2D eigenvalue weighted by Crippen LogP contribution is 2.27. The van der Waals surface area contributed by atoms with Crippen LogP contribution in [0.1, 0.15) is 16.7 Å². The van der Waals surface area contributed by atoms with Gasteiger partial charge < -0.3 is 4.74 Å². The Morgan fingerprint density at radius 2 is 1.85 bits per heavy atom. The summed E-state index contributed by atoms with van der Waals surface area (Å²) in [6.07, 6.45) is 1.67. The summed E-state index contributed by atoms with van der Waals surface area (Å²) in [4.78, 5) is 0. The minimum Gasteiger partial charge on any atom is -0.488 e. The van der Waals surface area contributed by atoms with Crippen molar-refractivity contribution in [1.82, 2.24) is 0 Å². The maximum absolute atomic E-state index is 13.9. The summed E-state index contributed by atoms with van der Waals surface area (Å²) in [7, 11) is 0. The van der Waals surface area contributed by atoms with Crippen LogP contribution in [0, 0.1) is 20.7 Å². The zero-order chi connectivity index (χ0) is 19.2. The lowest BCUT2D eigenvalue weighted by Crippen LogP contribution is -1.98. The van der Waals surface area contributed by atoms with Crippen LogP contribution in [-0.2, 0) is 6.61 Å². The summed E-state index contributed by atoms with van der Waals surface area (Å²) in [5.41, 5.74) is 2.26. The Bertz CT molecular complexity index is 1040. The van der Waals surface area contributed by atoms with Crippen LogP contribution in [0.4, 0.5) is 4.39 Å². The molecule has 3 rings (SSSR count). The summed E-state index contributed by atoms with van der Waals surface area (Å²) in [6, 6.07) is 21.4. The topological polar surface area (TPSA) is 33.0 Å². The van der Waals surface area contributed by atoms with Crippen molar-refractivity contribution in [3.63, 3.8) is 0 Å². The first-order chi connectivity index (χ1) is 13.1. The highest BCUT2D eigenvalue weighted by Gasteiger charge is 2.08. The van der Waals surface area contributed by atoms with Crippen LogP contribution in [0.15, 0.2) is 66.7 Å². The van der Waals surface area contributed by atoms with E-state index in [2.05, 4.69) is 28.7 Å². The summed E-state index contributed by atoms with van der Waals surface area (Å²) < 4.78 is 20.7. The molecule has 0 unspecified atom stereocenters. The monoisotopic (exact) mass is 489 g/mol. The van der Waals surface area contributed by atoms with E-state index in [9.17, 15) is 9.65 Å². The number of rotatable bonds is 5. The molecule has 0 saturated carbocycles. The summed E-state index contributed by atoms with van der Waals surface area (Å²) >= 11 is 8.32. The third kappa shape index (κ3) is 4.88. The Balaban J connectivity index is 1.81. The molecule has 27 heavy (non-hydrogen) atoms. The number of nitrogens with zero attached hydrogens (tertiary/aromatic N) is 1. The van der Waals surface area contributed by atoms with Crippen molar-refractivity contribution in [1.29, 1.82) is 5.26 Å². The van der Waals surface area contributed by atoms with Crippen molar-refractivity contribution >= 4 is 45.8 Å². The Morgan fingerprint density at radius 3 is 2.56 bits per heavy atom. The first-order valence-corrected chi connectivity index (χ1v) is 9.56. The minimum atomic E-state index is -0.417. The van der Waals surface area contributed by atoms with Gasteiger partial charge in [-0.25, -0.2) is 4.39 Å². The maximum atomic E-state index is 13.9. The fraction of sp³-hybridized carbons (Fsp3) is 0.0455. The molecule has 0 heterocycles. The van der Waals surface area contributed by atoms with E-state index in [-0.39, 0.29) is 11.1 Å². The fourth-order valence-corrected chi connectivity index (χ4v) is 3.40. The normalized spacial score (nSPS) is 11.1.